The zero-order valence-corrected chi connectivity index (χ0v) is 19.2. The molecule has 6 heteroatoms. The van der Waals surface area contributed by atoms with Gasteiger partial charge in [0.25, 0.3) is 5.91 Å². The number of amides is 1. The molecule has 3 aromatic carbocycles. The number of benzene rings is 3. The van der Waals surface area contributed by atoms with E-state index in [1.54, 1.807) is 6.07 Å². The first-order valence-electron chi connectivity index (χ1n) is 10.6. The number of aromatic nitrogens is 2. The van der Waals surface area contributed by atoms with Crippen LogP contribution in [0.15, 0.2) is 72.8 Å². The van der Waals surface area contributed by atoms with Crippen molar-refractivity contribution in [2.45, 2.75) is 32.7 Å². The zero-order chi connectivity index (χ0) is 22.7. The third-order valence-electron chi connectivity index (χ3n) is 5.30. The average molecular weight is 448 g/mol. The van der Waals surface area contributed by atoms with E-state index in [9.17, 15) is 4.79 Å². The fourth-order valence-electron chi connectivity index (χ4n) is 3.50. The molecule has 0 aliphatic carbocycles. The molecule has 0 radical (unpaired) electrons. The fraction of sp³-hybridized carbons (Fsp3) is 0.231. The van der Waals surface area contributed by atoms with Gasteiger partial charge >= 0.3 is 0 Å². The van der Waals surface area contributed by atoms with Crippen LogP contribution in [-0.2, 0) is 12.0 Å². The predicted molar refractivity (Wildman–Crippen MR) is 130 cm³/mol. The van der Waals surface area contributed by atoms with Crippen molar-refractivity contribution in [3.8, 4) is 5.75 Å². The molecule has 4 aromatic rings. The minimum atomic E-state index is -0.200. The SMILES string of the molecule is CC(C)(C)c1ccc(C(=O)Nc2nc3ccccc3n2CCOc2ccccc2Cl)cc1. The maximum atomic E-state index is 12.9. The predicted octanol–water partition coefficient (Wildman–Crippen LogP) is 6.32. The molecule has 0 unspecified atom stereocenters. The standard InChI is InChI=1S/C26H26ClN3O2/c1-26(2,3)19-14-12-18(13-15-19)24(31)29-25-28-21-9-5-6-10-22(21)30(25)16-17-32-23-11-7-4-8-20(23)27/h4-15H,16-17H2,1-3H3,(H,28,29,31). The molecular formula is C26H26ClN3O2. The lowest BCUT2D eigenvalue weighted by molar-refractivity contribution is 0.102. The van der Waals surface area contributed by atoms with Gasteiger partial charge in [-0.3, -0.25) is 10.1 Å². The number of carbonyl (C=O) groups is 1. The number of ether oxygens (including phenoxy) is 1. The van der Waals surface area contributed by atoms with Gasteiger partial charge in [-0.25, -0.2) is 4.98 Å². The van der Waals surface area contributed by atoms with E-state index < -0.39 is 0 Å². The first-order valence-corrected chi connectivity index (χ1v) is 11.0. The van der Waals surface area contributed by atoms with Crippen molar-refractivity contribution in [3.63, 3.8) is 0 Å². The number of anilines is 1. The van der Waals surface area contributed by atoms with Gasteiger partial charge in [0, 0.05) is 5.56 Å². The molecule has 0 fully saturated rings. The summed E-state index contributed by atoms with van der Waals surface area (Å²) in [6, 6.07) is 22.8. The van der Waals surface area contributed by atoms with Gasteiger partial charge < -0.3 is 9.30 Å². The smallest absolute Gasteiger partial charge is 0.257 e. The van der Waals surface area contributed by atoms with Crippen LogP contribution in [0.25, 0.3) is 11.0 Å². The van der Waals surface area contributed by atoms with E-state index in [0.717, 1.165) is 11.0 Å². The number of rotatable bonds is 6. The van der Waals surface area contributed by atoms with E-state index in [2.05, 4.69) is 31.1 Å². The lowest BCUT2D eigenvalue weighted by Crippen LogP contribution is -2.18. The maximum absolute atomic E-state index is 12.9. The van der Waals surface area contributed by atoms with Gasteiger partial charge in [-0.05, 0) is 47.4 Å². The highest BCUT2D eigenvalue weighted by Gasteiger charge is 2.17. The molecule has 164 valence electrons. The Morgan fingerprint density at radius 2 is 1.69 bits per heavy atom. The number of hydrogen-bond donors (Lipinski definition) is 1. The summed E-state index contributed by atoms with van der Waals surface area (Å²) in [6.45, 7) is 7.33. The first-order chi connectivity index (χ1) is 15.3. The highest BCUT2D eigenvalue weighted by atomic mass is 35.5. The molecule has 0 bridgehead atoms. The average Bonchev–Trinajstić information content (AvgIpc) is 3.11. The molecule has 0 spiro atoms. The third kappa shape index (κ3) is 4.78. The lowest BCUT2D eigenvalue weighted by Gasteiger charge is -2.19. The van der Waals surface area contributed by atoms with Gasteiger partial charge in [0.1, 0.15) is 12.4 Å². The fourth-order valence-corrected chi connectivity index (χ4v) is 3.69. The van der Waals surface area contributed by atoms with Crippen LogP contribution in [0.4, 0.5) is 5.95 Å². The number of hydrogen-bond acceptors (Lipinski definition) is 3. The van der Waals surface area contributed by atoms with Crippen LogP contribution in [0.2, 0.25) is 5.02 Å². The van der Waals surface area contributed by atoms with E-state index in [0.29, 0.717) is 35.4 Å². The largest absolute Gasteiger partial charge is 0.490 e. The van der Waals surface area contributed by atoms with E-state index in [4.69, 9.17) is 16.3 Å². The van der Waals surface area contributed by atoms with Gasteiger partial charge in [-0.1, -0.05) is 68.8 Å². The second-order valence-electron chi connectivity index (χ2n) is 8.64. The Labute approximate surface area is 193 Å². The van der Waals surface area contributed by atoms with Crippen LogP contribution in [0, 0.1) is 0 Å². The van der Waals surface area contributed by atoms with Crippen molar-refractivity contribution in [1.29, 1.82) is 0 Å². The maximum Gasteiger partial charge on any atom is 0.257 e. The molecule has 0 aliphatic heterocycles. The van der Waals surface area contributed by atoms with Crippen molar-refractivity contribution in [1.82, 2.24) is 9.55 Å². The summed E-state index contributed by atoms with van der Waals surface area (Å²) < 4.78 is 7.81. The number of nitrogens with zero attached hydrogens (tertiary/aromatic N) is 2. The minimum Gasteiger partial charge on any atom is -0.490 e. The molecule has 0 saturated heterocycles. The number of carbonyl (C=O) groups excluding carboxylic acids is 1. The molecule has 32 heavy (non-hydrogen) atoms. The number of para-hydroxylation sites is 3. The second-order valence-corrected chi connectivity index (χ2v) is 9.04. The minimum absolute atomic E-state index is 0.0324. The van der Waals surface area contributed by atoms with Crippen LogP contribution in [0.5, 0.6) is 5.75 Å². The van der Waals surface area contributed by atoms with E-state index in [1.807, 2.05) is 71.3 Å². The molecule has 0 aliphatic rings. The molecule has 4 rings (SSSR count). The highest BCUT2D eigenvalue weighted by molar-refractivity contribution is 6.32. The van der Waals surface area contributed by atoms with Gasteiger partial charge in [0.05, 0.1) is 22.6 Å². The Morgan fingerprint density at radius 1 is 1.00 bits per heavy atom. The Balaban J connectivity index is 1.54. The van der Waals surface area contributed by atoms with Crippen molar-refractivity contribution in [2.24, 2.45) is 0 Å². The van der Waals surface area contributed by atoms with Gasteiger partial charge in [0.2, 0.25) is 5.95 Å². The van der Waals surface area contributed by atoms with Crippen molar-refractivity contribution in [3.05, 3.63) is 88.9 Å². The van der Waals surface area contributed by atoms with E-state index in [-0.39, 0.29) is 11.3 Å². The molecule has 1 aromatic heterocycles. The summed E-state index contributed by atoms with van der Waals surface area (Å²) in [5.74, 6) is 0.913. The Morgan fingerprint density at radius 3 is 2.41 bits per heavy atom. The molecular weight excluding hydrogens is 422 g/mol. The second kappa shape index (κ2) is 9.05. The summed E-state index contributed by atoms with van der Waals surface area (Å²) in [5, 5.41) is 3.53. The summed E-state index contributed by atoms with van der Waals surface area (Å²) in [4.78, 5) is 17.6. The zero-order valence-electron chi connectivity index (χ0n) is 18.4. The van der Waals surface area contributed by atoms with E-state index >= 15 is 0 Å². The van der Waals surface area contributed by atoms with Gasteiger partial charge in [0.15, 0.2) is 0 Å². The number of nitrogens with one attached hydrogen (secondary N) is 1. The summed E-state index contributed by atoms with van der Waals surface area (Å²) in [6.07, 6.45) is 0. The summed E-state index contributed by atoms with van der Waals surface area (Å²) in [5.41, 5.74) is 3.53. The van der Waals surface area contributed by atoms with Crippen LogP contribution >= 0.6 is 11.6 Å². The normalized spacial score (nSPS) is 11.5. The molecule has 5 nitrogen and oxygen atoms in total. The van der Waals surface area contributed by atoms with Gasteiger partial charge in [-0.2, -0.15) is 0 Å². The number of halogens is 1. The Bertz CT molecular complexity index is 1240. The molecule has 0 atom stereocenters. The number of fused-ring (bicyclic) bond motifs is 1. The van der Waals surface area contributed by atoms with Crippen molar-refractivity contribution in [2.75, 3.05) is 11.9 Å². The van der Waals surface area contributed by atoms with Crippen LogP contribution in [0.3, 0.4) is 0 Å². The van der Waals surface area contributed by atoms with Crippen LogP contribution in [0.1, 0.15) is 36.7 Å². The Hall–Kier alpha value is -3.31. The monoisotopic (exact) mass is 447 g/mol. The molecule has 1 N–H and O–H groups in total. The quantitative estimate of drug-likeness (QED) is 0.376. The van der Waals surface area contributed by atoms with Crippen molar-refractivity contribution < 1.29 is 9.53 Å². The van der Waals surface area contributed by atoms with Crippen LogP contribution in [-0.4, -0.2) is 22.1 Å². The molecule has 1 amide bonds. The topological polar surface area (TPSA) is 56.2 Å². The van der Waals surface area contributed by atoms with Crippen LogP contribution < -0.4 is 10.1 Å². The summed E-state index contributed by atoms with van der Waals surface area (Å²) in [7, 11) is 0. The summed E-state index contributed by atoms with van der Waals surface area (Å²) >= 11 is 6.19. The highest BCUT2D eigenvalue weighted by Crippen LogP contribution is 2.25. The number of imidazole rings is 1. The van der Waals surface area contributed by atoms with Gasteiger partial charge in [-0.15, -0.1) is 0 Å². The molecule has 1 heterocycles. The van der Waals surface area contributed by atoms with E-state index in [1.165, 1.54) is 5.56 Å². The molecule has 0 saturated carbocycles. The van der Waals surface area contributed by atoms with Crippen molar-refractivity contribution >= 4 is 34.5 Å². The Kier molecular flexibility index (Phi) is 6.19. The third-order valence-corrected chi connectivity index (χ3v) is 5.61. The first kappa shape index (κ1) is 21.9. The lowest BCUT2D eigenvalue weighted by atomic mass is 9.87.